The number of likely N-dealkylation sites (tertiary alicyclic amines) is 1. The molecule has 1 saturated heterocycles. The number of nitro groups is 1. The second-order valence-electron chi connectivity index (χ2n) is 6.22. The SMILES string of the molecule is O=C(O)C1CC2CCCCC2N1C(=O)c1ccc([N+](=O)[O-])cc1. The summed E-state index contributed by atoms with van der Waals surface area (Å²) in [6.45, 7) is 0. The van der Waals surface area contributed by atoms with Crippen molar-refractivity contribution in [1.82, 2.24) is 4.90 Å². The van der Waals surface area contributed by atoms with Crippen molar-refractivity contribution >= 4 is 17.6 Å². The minimum absolute atomic E-state index is 0.0347. The molecule has 7 nitrogen and oxygen atoms in total. The zero-order valence-electron chi connectivity index (χ0n) is 12.6. The molecule has 3 atom stereocenters. The molecule has 3 rings (SSSR count). The highest BCUT2D eigenvalue weighted by Gasteiger charge is 2.47. The Morgan fingerprint density at radius 3 is 2.43 bits per heavy atom. The Labute approximate surface area is 133 Å². The molecular formula is C16H18N2O5. The van der Waals surface area contributed by atoms with Crippen LogP contribution in [-0.4, -0.2) is 38.9 Å². The van der Waals surface area contributed by atoms with Gasteiger partial charge in [-0.2, -0.15) is 0 Å². The first kappa shape index (κ1) is 15.5. The minimum Gasteiger partial charge on any atom is -0.480 e. The summed E-state index contributed by atoms with van der Waals surface area (Å²) < 4.78 is 0. The molecular weight excluding hydrogens is 300 g/mol. The van der Waals surface area contributed by atoms with Gasteiger partial charge in [0.1, 0.15) is 6.04 Å². The van der Waals surface area contributed by atoms with E-state index in [1.165, 1.54) is 29.2 Å². The number of benzene rings is 1. The second kappa shape index (κ2) is 5.98. The van der Waals surface area contributed by atoms with Crippen LogP contribution in [-0.2, 0) is 4.79 Å². The maximum atomic E-state index is 12.8. The van der Waals surface area contributed by atoms with Crippen LogP contribution in [0.4, 0.5) is 5.69 Å². The third kappa shape index (κ3) is 2.78. The monoisotopic (exact) mass is 318 g/mol. The summed E-state index contributed by atoms with van der Waals surface area (Å²) >= 11 is 0. The summed E-state index contributed by atoms with van der Waals surface area (Å²) in [4.78, 5) is 36.0. The fourth-order valence-corrected chi connectivity index (χ4v) is 3.85. The van der Waals surface area contributed by atoms with E-state index in [0.29, 0.717) is 12.0 Å². The molecule has 1 amide bonds. The molecule has 0 aromatic heterocycles. The lowest BCUT2D eigenvalue weighted by Gasteiger charge is -2.33. The number of hydrogen-bond donors (Lipinski definition) is 1. The predicted octanol–water partition coefficient (Wildman–Crippen LogP) is 2.45. The highest BCUT2D eigenvalue weighted by molar-refractivity contribution is 5.97. The number of nitrogens with zero attached hydrogens (tertiary/aromatic N) is 2. The maximum absolute atomic E-state index is 12.8. The molecule has 1 aliphatic heterocycles. The lowest BCUT2D eigenvalue weighted by Crippen LogP contribution is -2.46. The quantitative estimate of drug-likeness (QED) is 0.681. The van der Waals surface area contributed by atoms with Crippen LogP contribution in [0.1, 0.15) is 42.5 Å². The molecule has 2 fully saturated rings. The second-order valence-corrected chi connectivity index (χ2v) is 6.22. The molecule has 1 saturated carbocycles. The van der Waals surface area contributed by atoms with E-state index in [9.17, 15) is 24.8 Å². The molecule has 0 bridgehead atoms. The molecule has 1 aromatic rings. The Balaban J connectivity index is 1.88. The third-order valence-corrected chi connectivity index (χ3v) is 4.93. The molecule has 1 aliphatic carbocycles. The minimum atomic E-state index is -0.977. The molecule has 3 unspecified atom stereocenters. The first-order chi connectivity index (χ1) is 11.0. The Hall–Kier alpha value is -2.44. The van der Waals surface area contributed by atoms with Crippen LogP contribution in [0.5, 0.6) is 0 Å². The number of fused-ring (bicyclic) bond motifs is 1. The standard InChI is InChI=1S/C16H18N2O5/c19-15(10-5-7-12(8-6-10)18(22)23)17-13-4-2-1-3-11(13)9-14(17)16(20)21/h5-8,11,13-14H,1-4,9H2,(H,20,21). The van der Waals surface area contributed by atoms with Crippen molar-refractivity contribution in [3.8, 4) is 0 Å². The largest absolute Gasteiger partial charge is 0.480 e. The Morgan fingerprint density at radius 2 is 1.83 bits per heavy atom. The molecule has 1 heterocycles. The van der Waals surface area contributed by atoms with Crippen LogP contribution in [0.25, 0.3) is 0 Å². The van der Waals surface area contributed by atoms with Crippen molar-refractivity contribution < 1.29 is 19.6 Å². The van der Waals surface area contributed by atoms with Gasteiger partial charge in [-0.15, -0.1) is 0 Å². The van der Waals surface area contributed by atoms with Crippen LogP contribution in [0.3, 0.4) is 0 Å². The van der Waals surface area contributed by atoms with Crippen molar-refractivity contribution in [1.29, 1.82) is 0 Å². The summed E-state index contributed by atoms with van der Waals surface area (Å²) in [5.41, 5.74) is 0.210. The van der Waals surface area contributed by atoms with Gasteiger partial charge in [0.25, 0.3) is 11.6 Å². The number of nitro benzene ring substituents is 1. The number of carbonyl (C=O) groups excluding carboxylic acids is 1. The van der Waals surface area contributed by atoms with E-state index in [2.05, 4.69) is 0 Å². The van der Waals surface area contributed by atoms with E-state index in [-0.39, 0.29) is 23.6 Å². The van der Waals surface area contributed by atoms with Crippen LogP contribution in [0.2, 0.25) is 0 Å². The van der Waals surface area contributed by atoms with E-state index in [1.54, 1.807) is 0 Å². The Bertz CT molecular complexity index is 642. The van der Waals surface area contributed by atoms with E-state index in [0.717, 1.165) is 25.7 Å². The van der Waals surface area contributed by atoms with Crippen LogP contribution < -0.4 is 0 Å². The van der Waals surface area contributed by atoms with Crippen molar-refractivity contribution in [2.24, 2.45) is 5.92 Å². The number of non-ortho nitro benzene ring substituents is 1. The highest BCUT2D eigenvalue weighted by atomic mass is 16.6. The topological polar surface area (TPSA) is 101 Å². The van der Waals surface area contributed by atoms with E-state index in [1.807, 2.05) is 0 Å². The van der Waals surface area contributed by atoms with Crippen LogP contribution in [0.15, 0.2) is 24.3 Å². The lowest BCUT2D eigenvalue weighted by atomic mass is 9.84. The van der Waals surface area contributed by atoms with Gasteiger partial charge in [0.05, 0.1) is 4.92 Å². The number of carboxylic acid groups (broad SMARTS) is 1. The predicted molar refractivity (Wildman–Crippen MR) is 81.1 cm³/mol. The van der Waals surface area contributed by atoms with Crippen molar-refractivity contribution in [2.75, 3.05) is 0 Å². The van der Waals surface area contributed by atoms with Gasteiger partial charge in [0, 0.05) is 23.7 Å². The van der Waals surface area contributed by atoms with Crippen molar-refractivity contribution in [2.45, 2.75) is 44.2 Å². The average Bonchev–Trinajstić information content (AvgIpc) is 2.94. The first-order valence-corrected chi connectivity index (χ1v) is 7.79. The van der Waals surface area contributed by atoms with Gasteiger partial charge in [-0.1, -0.05) is 12.8 Å². The third-order valence-electron chi connectivity index (χ3n) is 4.93. The fraction of sp³-hybridized carbons (Fsp3) is 0.500. The molecule has 122 valence electrons. The summed E-state index contributed by atoms with van der Waals surface area (Å²) in [6.07, 6.45) is 4.36. The maximum Gasteiger partial charge on any atom is 0.326 e. The smallest absolute Gasteiger partial charge is 0.326 e. The van der Waals surface area contributed by atoms with Crippen LogP contribution in [0, 0.1) is 16.0 Å². The number of carbonyl (C=O) groups is 2. The van der Waals surface area contributed by atoms with Gasteiger partial charge in [-0.25, -0.2) is 4.79 Å². The normalized spacial score (nSPS) is 26.6. The number of rotatable bonds is 3. The molecule has 1 aromatic carbocycles. The van der Waals surface area contributed by atoms with Crippen molar-refractivity contribution in [3.05, 3.63) is 39.9 Å². The van der Waals surface area contributed by atoms with Crippen molar-refractivity contribution in [3.63, 3.8) is 0 Å². The van der Waals surface area contributed by atoms with Gasteiger partial charge in [0.15, 0.2) is 0 Å². The Kier molecular flexibility index (Phi) is 4.02. The lowest BCUT2D eigenvalue weighted by molar-refractivity contribution is -0.384. The molecule has 7 heteroatoms. The number of hydrogen-bond acceptors (Lipinski definition) is 4. The van der Waals surface area contributed by atoms with Gasteiger partial charge in [-0.3, -0.25) is 14.9 Å². The van der Waals surface area contributed by atoms with E-state index < -0.39 is 16.9 Å². The highest BCUT2D eigenvalue weighted by Crippen LogP contribution is 2.40. The van der Waals surface area contributed by atoms with Gasteiger partial charge in [-0.05, 0) is 37.3 Å². The number of carboxylic acids is 1. The van der Waals surface area contributed by atoms with E-state index in [4.69, 9.17) is 0 Å². The average molecular weight is 318 g/mol. The number of amides is 1. The molecule has 2 aliphatic rings. The Morgan fingerprint density at radius 1 is 1.17 bits per heavy atom. The summed E-state index contributed by atoms with van der Waals surface area (Å²) in [5, 5.41) is 20.2. The van der Waals surface area contributed by atoms with E-state index >= 15 is 0 Å². The zero-order valence-corrected chi connectivity index (χ0v) is 12.6. The first-order valence-electron chi connectivity index (χ1n) is 7.79. The molecule has 23 heavy (non-hydrogen) atoms. The number of aliphatic carboxylic acids is 1. The molecule has 0 radical (unpaired) electrons. The van der Waals surface area contributed by atoms with Gasteiger partial charge in [0.2, 0.25) is 0 Å². The van der Waals surface area contributed by atoms with Gasteiger partial charge < -0.3 is 10.0 Å². The zero-order chi connectivity index (χ0) is 16.6. The fourth-order valence-electron chi connectivity index (χ4n) is 3.85. The van der Waals surface area contributed by atoms with Gasteiger partial charge >= 0.3 is 5.97 Å². The summed E-state index contributed by atoms with van der Waals surface area (Å²) in [7, 11) is 0. The summed E-state index contributed by atoms with van der Waals surface area (Å²) in [6, 6.07) is 4.51. The van der Waals surface area contributed by atoms with Crippen LogP contribution >= 0.6 is 0 Å². The molecule has 1 N–H and O–H groups in total. The molecule has 0 spiro atoms. The summed E-state index contributed by atoms with van der Waals surface area (Å²) in [5.74, 6) is -1.08.